The summed E-state index contributed by atoms with van der Waals surface area (Å²) in [6, 6.07) is 3.51. The summed E-state index contributed by atoms with van der Waals surface area (Å²) in [5.41, 5.74) is 0.603. The maximum absolute atomic E-state index is 12.5. The molecule has 18 heavy (non-hydrogen) atoms. The molecule has 2 N–H and O–H groups in total. The van der Waals surface area contributed by atoms with Crippen LogP contribution in [0, 0.1) is 0 Å². The molecule has 0 bridgehead atoms. The normalized spacial score (nSPS) is 18.2. The Bertz CT molecular complexity index is 658. The highest BCUT2D eigenvalue weighted by molar-refractivity contribution is 7.89. The number of rotatable bonds is 2. The molecule has 0 aliphatic carbocycles. The van der Waals surface area contributed by atoms with Crippen LogP contribution in [-0.2, 0) is 10.0 Å². The van der Waals surface area contributed by atoms with Crippen molar-refractivity contribution in [3.8, 4) is 0 Å². The lowest BCUT2D eigenvalue weighted by Gasteiger charge is -2.26. The maximum Gasteiger partial charge on any atom is 0.245 e. The van der Waals surface area contributed by atoms with Gasteiger partial charge in [-0.05, 0) is 12.1 Å². The zero-order valence-electron chi connectivity index (χ0n) is 9.76. The maximum atomic E-state index is 12.5. The van der Waals surface area contributed by atoms with Crippen molar-refractivity contribution in [3.63, 3.8) is 0 Å². The first-order chi connectivity index (χ1) is 8.69. The van der Waals surface area contributed by atoms with Crippen molar-refractivity contribution in [1.82, 2.24) is 19.6 Å². The summed E-state index contributed by atoms with van der Waals surface area (Å²) in [5, 5.41) is 3.79. The Morgan fingerprint density at radius 1 is 1.28 bits per heavy atom. The van der Waals surface area contributed by atoms with Crippen molar-refractivity contribution >= 4 is 21.1 Å². The van der Waals surface area contributed by atoms with Gasteiger partial charge in [0.2, 0.25) is 10.0 Å². The third-order valence-electron chi connectivity index (χ3n) is 3.11. The molecule has 0 atom stereocenters. The van der Waals surface area contributed by atoms with Crippen molar-refractivity contribution in [3.05, 3.63) is 24.5 Å². The first-order valence-corrected chi connectivity index (χ1v) is 7.26. The molecule has 3 heterocycles. The molecule has 3 rings (SSSR count). The van der Waals surface area contributed by atoms with Gasteiger partial charge in [-0.25, -0.2) is 13.4 Å². The van der Waals surface area contributed by atoms with Crippen LogP contribution < -0.4 is 5.32 Å². The number of nitrogens with one attached hydrogen (secondary N) is 2. The summed E-state index contributed by atoms with van der Waals surface area (Å²) >= 11 is 0. The zero-order chi connectivity index (χ0) is 12.6. The molecule has 6 nitrogen and oxygen atoms in total. The van der Waals surface area contributed by atoms with Crippen LogP contribution in [0.1, 0.15) is 0 Å². The number of sulfonamides is 1. The molecule has 0 radical (unpaired) electrons. The van der Waals surface area contributed by atoms with E-state index in [-0.39, 0.29) is 0 Å². The Labute approximate surface area is 105 Å². The second-order valence-electron chi connectivity index (χ2n) is 4.21. The molecule has 2 aromatic rings. The topological polar surface area (TPSA) is 78.1 Å². The summed E-state index contributed by atoms with van der Waals surface area (Å²) in [6.07, 6.45) is 3.16. The summed E-state index contributed by atoms with van der Waals surface area (Å²) in [4.78, 5) is 7.32. The van der Waals surface area contributed by atoms with E-state index in [0.29, 0.717) is 42.1 Å². The van der Waals surface area contributed by atoms with Gasteiger partial charge in [0.1, 0.15) is 10.5 Å². The zero-order valence-corrected chi connectivity index (χ0v) is 10.6. The molecule has 1 fully saturated rings. The lowest BCUT2D eigenvalue weighted by Crippen LogP contribution is -2.46. The molecule has 96 valence electrons. The van der Waals surface area contributed by atoms with Crippen molar-refractivity contribution in [1.29, 1.82) is 0 Å². The molecule has 1 aliphatic heterocycles. The Balaban J connectivity index is 2.07. The molecule has 0 amide bonds. The third kappa shape index (κ3) is 1.80. The highest BCUT2D eigenvalue weighted by atomic mass is 32.2. The minimum atomic E-state index is -3.42. The van der Waals surface area contributed by atoms with E-state index in [0.717, 1.165) is 0 Å². The van der Waals surface area contributed by atoms with Crippen LogP contribution >= 0.6 is 0 Å². The quantitative estimate of drug-likeness (QED) is 0.811. The molecule has 0 saturated carbocycles. The standard InChI is InChI=1S/C11H14N4O2S/c16-18(17,15-6-4-12-5-7-15)10-8-14-11-9(10)2-1-3-13-11/h1-3,8,12H,4-7H2,(H,13,14). The van der Waals surface area contributed by atoms with E-state index < -0.39 is 10.0 Å². The Morgan fingerprint density at radius 2 is 2.06 bits per heavy atom. The minimum Gasteiger partial charge on any atom is -0.345 e. The molecule has 1 saturated heterocycles. The Morgan fingerprint density at radius 3 is 2.83 bits per heavy atom. The Kier molecular flexibility index (Phi) is 2.81. The lowest BCUT2D eigenvalue weighted by molar-refractivity contribution is 0.360. The Hall–Kier alpha value is -1.44. The summed E-state index contributed by atoms with van der Waals surface area (Å²) in [6.45, 7) is 2.41. The number of nitrogens with zero attached hydrogens (tertiary/aromatic N) is 2. The van der Waals surface area contributed by atoms with Crippen molar-refractivity contribution < 1.29 is 8.42 Å². The fourth-order valence-corrected chi connectivity index (χ4v) is 3.76. The van der Waals surface area contributed by atoms with E-state index in [1.54, 1.807) is 18.3 Å². The van der Waals surface area contributed by atoms with Crippen LogP contribution in [0.5, 0.6) is 0 Å². The second kappa shape index (κ2) is 4.34. The first-order valence-electron chi connectivity index (χ1n) is 5.82. The van der Waals surface area contributed by atoms with E-state index in [9.17, 15) is 8.42 Å². The summed E-state index contributed by atoms with van der Waals surface area (Å²) < 4.78 is 26.5. The van der Waals surface area contributed by atoms with Gasteiger partial charge in [0.25, 0.3) is 0 Å². The van der Waals surface area contributed by atoms with Gasteiger partial charge in [0.05, 0.1) is 0 Å². The van der Waals surface area contributed by atoms with Crippen molar-refractivity contribution in [2.45, 2.75) is 4.90 Å². The lowest BCUT2D eigenvalue weighted by atomic mass is 10.3. The van der Waals surface area contributed by atoms with Gasteiger partial charge in [-0.3, -0.25) is 0 Å². The van der Waals surface area contributed by atoms with Gasteiger partial charge in [0.15, 0.2) is 0 Å². The predicted molar refractivity (Wildman–Crippen MR) is 67.7 cm³/mol. The second-order valence-corrected chi connectivity index (χ2v) is 6.11. The van der Waals surface area contributed by atoms with Gasteiger partial charge < -0.3 is 10.3 Å². The molecule has 0 unspecified atom stereocenters. The van der Waals surface area contributed by atoms with Crippen LogP contribution in [-0.4, -0.2) is 48.9 Å². The largest absolute Gasteiger partial charge is 0.345 e. The van der Waals surface area contributed by atoms with E-state index >= 15 is 0 Å². The molecule has 2 aromatic heterocycles. The van der Waals surface area contributed by atoms with E-state index in [4.69, 9.17) is 0 Å². The van der Waals surface area contributed by atoms with Gasteiger partial charge in [-0.15, -0.1) is 0 Å². The van der Waals surface area contributed by atoms with Crippen LogP contribution in [0.3, 0.4) is 0 Å². The van der Waals surface area contributed by atoms with Crippen LogP contribution in [0.25, 0.3) is 11.0 Å². The van der Waals surface area contributed by atoms with E-state index in [2.05, 4.69) is 15.3 Å². The summed E-state index contributed by atoms with van der Waals surface area (Å²) in [5.74, 6) is 0. The first kappa shape index (κ1) is 11.6. The molecule has 7 heteroatoms. The predicted octanol–water partition coefficient (Wildman–Crippen LogP) is 0.157. The van der Waals surface area contributed by atoms with Crippen LogP contribution in [0.4, 0.5) is 0 Å². The summed E-state index contributed by atoms with van der Waals surface area (Å²) in [7, 11) is -3.42. The molecule has 0 spiro atoms. The fraction of sp³-hybridized carbons (Fsp3) is 0.364. The number of piperazine rings is 1. The van der Waals surface area contributed by atoms with Crippen LogP contribution in [0.2, 0.25) is 0 Å². The van der Waals surface area contributed by atoms with E-state index in [1.165, 1.54) is 10.5 Å². The van der Waals surface area contributed by atoms with Crippen molar-refractivity contribution in [2.75, 3.05) is 26.2 Å². The molecular formula is C11H14N4O2S. The fourth-order valence-electron chi connectivity index (χ4n) is 2.17. The van der Waals surface area contributed by atoms with Crippen LogP contribution in [0.15, 0.2) is 29.4 Å². The number of aromatic amines is 1. The van der Waals surface area contributed by atoms with Gasteiger partial charge in [-0.1, -0.05) is 0 Å². The number of hydrogen-bond acceptors (Lipinski definition) is 4. The molecule has 1 aliphatic rings. The monoisotopic (exact) mass is 266 g/mol. The molecule has 0 aromatic carbocycles. The van der Waals surface area contributed by atoms with Gasteiger partial charge >= 0.3 is 0 Å². The number of hydrogen-bond donors (Lipinski definition) is 2. The third-order valence-corrected chi connectivity index (χ3v) is 5.05. The van der Waals surface area contributed by atoms with Gasteiger partial charge in [-0.2, -0.15) is 4.31 Å². The average molecular weight is 266 g/mol. The van der Waals surface area contributed by atoms with Crippen molar-refractivity contribution in [2.24, 2.45) is 0 Å². The highest BCUT2D eigenvalue weighted by Gasteiger charge is 2.28. The number of fused-ring (bicyclic) bond motifs is 1. The number of pyridine rings is 1. The minimum absolute atomic E-state index is 0.313. The average Bonchev–Trinajstić information content (AvgIpc) is 2.84. The van der Waals surface area contributed by atoms with E-state index in [1.807, 2.05) is 0 Å². The molecular weight excluding hydrogens is 252 g/mol. The SMILES string of the molecule is O=S(=O)(c1c[nH]c2ncccc12)N1CCNCC1. The smallest absolute Gasteiger partial charge is 0.245 e. The number of aromatic nitrogens is 2. The number of H-pyrrole nitrogens is 1. The highest BCUT2D eigenvalue weighted by Crippen LogP contribution is 2.24. The van der Waals surface area contributed by atoms with Gasteiger partial charge in [0, 0.05) is 44.0 Å².